The van der Waals surface area contributed by atoms with Gasteiger partial charge >= 0.3 is 17.9 Å². The molecule has 7 heterocycles. The van der Waals surface area contributed by atoms with Gasteiger partial charge in [0, 0.05) is 144 Å². The number of hydrogen-bond acceptors (Lipinski definition) is 20. The van der Waals surface area contributed by atoms with E-state index >= 15 is 0 Å². The summed E-state index contributed by atoms with van der Waals surface area (Å²) in [6.45, 7) is 13.6. The molecule has 8 atom stereocenters. The molecule has 0 bridgehead atoms. The molecule has 5 fully saturated rings. The maximum atomic E-state index is 14.9. The van der Waals surface area contributed by atoms with Crippen molar-refractivity contribution in [2.45, 2.75) is 187 Å². The molecular weight excluding hydrogens is 1920 g/mol. The second-order valence-electron chi connectivity index (χ2n) is 38.6. The average molecular weight is 2040 g/mol. The third-order valence-corrected chi connectivity index (χ3v) is 28.3. The van der Waals surface area contributed by atoms with Crippen LogP contribution in [0.1, 0.15) is 150 Å². The topological polar surface area (TPSA) is 324 Å². The number of hydrogen-bond donors (Lipinski definition) is 1. The highest BCUT2D eigenvalue weighted by Crippen LogP contribution is 2.38. The first-order chi connectivity index (χ1) is 68.7. The maximum Gasteiger partial charge on any atom is 0.320 e. The summed E-state index contributed by atoms with van der Waals surface area (Å²) in [6.07, 6.45) is 7.65. The van der Waals surface area contributed by atoms with Crippen LogP contribution in [0.2, 0.25) is 20.1 Å². The SMILES string of the molecule is CC(=O)C[C@@H]1CC(=O)[C@H](C)N(Cc2ccc(Cl)cc2Oc2ccc(-c3cnc(CN4CCCC4)n3C)cc2)C(=O)C[C@@H](Cc2ccccc2)C(=O)N(C)C[C@@H](Cc2ccc(Cl)cc2)N(C)C1=O.CC1(C)OC(=O)CC(=O)O1.C[C@H]1C(=O)C[C@@H](CC(=O)O)C(=O)N(C)[C@H](Cc2ccc(Cl)cc2)CN(C)C(=O)[C@H](Cc2ccccc2)CC(=O)N1Cc1ccc(Cl)cc1Oc1ccc(-c2cnc(CN3CCCC3)n2C)cc1. The van der Waals surface area contributed by atoms with Crippen LogP contribution in [0.3, 0.4) is 0 Å². The number of carbonyl (C=O) groups excluding carboxylic acids is 11. The molecule has 0 saturated carbocycles. The van der Waals surface area contributed by atoms with Crippen molar-refractivity contribution in [3.05, 3.63) is 272 Å². The molecule has 1 N–H and O–H groups in total. The summed E-state index contributed by atoms with van der Waals surface area (Å²) in [4.78, 5) is 186. The number of esters is 2. The third-order valence-electron chi connectivity index (χ3n) is 27.3. The van der Waals surface area contributed by atoms with E-state index in [2.05, 4.69) is 28.4 Å². The fourth-order valence-corrected chi connectivity index (χ4v) is 19.7. The van der Waals surface area contributed by atoms with Gasteiger partial charge in [0.25, 0.3) is 5.79 Å². The molecule has 0 aliphatic carbocycles. The fraction of sp³-hybridized carbons (Fsp3) is 0.405. The molecule has 0 radical (unpaired) electrons. The zero-order valence-corrected chi connectivity index (χ0v) is 86.3. The van der Waals surface area contributed by atoms with Gasteiger partial charge in [0.15, 0.2) is 11.6 Å². The number of Topliss-reactive ketones (excluding diaryl/α,β-unsaturated/α-hetero) is 3. The van der Waals surface area contributed by atoms with E-state index in [1.807, 2.05) is 160 Å². The summed E-state index contributed by atoms with van der Waals surface area (Å²) in [6, 6.07) is 55.5. The molecule has 15 rings (SSSR count). The monoisotopic (exact) mass is 2040 g/mol. The lowest BCUT2D eigenvalue weighted by molar-refractivity contribution is -0.231. The number of carbonyl (C=O) groups is 12. The number of amides is 6. The van der Waals surface area contributed by atoms with Gasteiger partial charge in [-0.05, 0) is 218 Å². The molecule has 8 aromatic carbocycles. The first kappa shape index (κ1) is 108. The molecule has 0 spiro atoms. The van der Waals surface area contributed by atoms with Gasteiger partial charge in [-0.25, -0.2) is 9.97 Å². The van der Waals surface area contributed by atoms with Crippen LogP contribution in [-0.2, 0) is 133 Å². The Labute approximate surface area is 860 Å². The molecule has 144 heavy (non-hydrogen) atoms. The predicted molar refractivity (Wildman–Crippen MR) is 549 cm³/mol. The van der Waals surface area contributed by atoms with E-state index in [0.717, 1.165) is 95.7 Å². The summed E-state index contributed by atoms with van der Waals surface area (Å²) < 4.78 is 26.5. The minimum Gasteiger partial charge on any atom is -0.481 e. The molecule has 5 saturated heterocycles. The molecule has 33 heteroatoms. The number of carboxylic acid groups (broad SMARTS) is 1. The first-order valence-corrected chi connectivity index (χ1v) is 50.3. The Balaban J connectivity index is 0.000000220. The van der Waals surface area contributed by atoms with Gasteiger partial charge in [-0.3, -0.25) is 62.5 Å². The highest BCUT2D eigenvalue weighted by molar-refractivity contribution is 6.31. The van der Waals surface area contributed by atoms with Crippen LogP contribution in [0.4, 0.5) is 0 Å². The number of cyclic esters (lactones) is 2. The lowest BCUT2D eigenvalue weighted by atomic mass is 9.90. The van der Waals surface area contributed by atoms with Crippen molar-refractivity contribution in [1.82, 2.24) is 58.3 Å². The van der Waals surface area contributed by atoms with Gasteiger partial charge in [-0.15, -0.1) is 0 Å². The highest BCUT2D eigenvalue weighted by atomic mass is 35.5. The number of ketones is 3. The average Bonchev–Trinajstić information content (AvgIpc) is 1.67. The summed E-state index contributed by atoms with van der Waals surface area (Å²) >= 11 is 25.5. The molecule has 5 aliphatic rings. The summed E-state index contributed by atoms with van der Waals surface area (Å²) in [5, 5.41) is 11.9. The predicted octanol–water partition coefficient (Wildman–Crippen LogP) is 17.4. The second-order valence-corrected chi connectivity index (χ2v) is 40.4. The summed E-state index contributed by atoms with van der Waals surface area (Å²) in [7, 11) is 10.6. The largest absolute Gasteiger partial charge is 0.481 e. The molecule has 0 unspecified atom stereocenters. The second kappa shape index (κ2) is 50.1. The van der Waals surface area contributed by atoms with Crippen molar-refractivity contribution < 1.29 is 81.6 Å². The van der Waals surface area contributed by atoms with E-state index in [1.165, 1.54) is 61.2 Å². The van der Waals surface area contributed by atoms with Crippen molar-refractivity contribution in [2.75, 3.05) is 67.5 Å². The minimum atomic E-state index is -1.25. The zero-order chi connectivity index (χ0) is 103. The molecule has 2 aromatic heterocycles. The van der Waals surface area contributed by atoms with Gasteiger partial charge in [0.05, 0.1) is 104 Å². The Bertz CT molecular complexity index is 5840. The van der Waals surface area contributed by atoms with Crippen LogP contribution in [0, 0.1) is 23.7 Å². The highest BCUT2D eigenvalue weighted by Gasteiger charge is 2.42. The van der Waals surface area contributed by atoms with Crippen LogP contribution in [0.5, 0.6) is 23.0 Å². The lowest BCUT2D eigenvalue weighted by Crippen LogP contribution is -2.52. The number of halogens is 4. The lowest BCUT2D eigenvalue weighted by Gasteiger charge is -2.37. The number of benzene rings is 8. The number of imidazole rings is 2. The van der Waals surface area contributed by atoms with Gasteiger partial charge < -0.3 is 67.4 Å². The Hall–Kier alpha value is -12.9. The number of nitrogens with zero attached hydrogens (tertiary/aromatic N) is 12. The Morgan fingerprint density at radius 3 is 1.13 bits per heavy atom. The molecular formula is C111H126Cl4N12O17. The number of likely N-dealkylation sites (N-methyl/N-ethyl adjacent to an activating group) is 4. The maximum absolute atomic E-state index is 14.9. The Morgan fingerprint density at radius 2 is 0.778 bits per heavy atom. The first-order valence-electron chi connectivity index (χ1n) is 48.7. The van der Waals surface area contributed by atoms with Crippen LogP contribution >= 0.6 is 46.4 Å². The quantitative estimate of drug-likeness (QED) is 0.0389. The van der Waals surface area contributed by atoms with Gasteiger partial charge in [-0.2, -0.15) is 0 Å². The Morgan fingerprint density at radius 1 is 0.424 bits per heavy atom. The number of ether oxygens (including phenoxy) is 4. The van der Waals surface area contributed by atoms with Crippen molar-refractivity contribution in [3.8, 4) is 45.5 Å². The van der Waals surface area contributed by atoms with Crippen molar-refractivity contribution in [1.29, 1.82) is 0 Å². The smallest absolute Gasteiger partial charge is 0.320 e. The van der Waals surface area contributed by atoms with E-state index in [1.54, 1.807) is 117 Å². The number of likely N-dealkylation sites (tertiary alicyclic amines) is 2. The van der Waals surface area contributed by atoms with Gasteiger partial charge in [0.2, 0.25) is 35.4 Å². The van der Waals surface area contributed by atoms with E-state index < -0.39 is 114 Å². The summed E-state index contributed by atoms with van der Waals surface area (Å²) in [5.74, 6) is -7.02. The number of rotatable bonds is 26. The van der Waals surface area contributed by atoms with E-state index in [9.17, 15) is 62.6 Å². The van der Waals surface area contributed by atoms with Crippen molar-refractivity contribution in [2.24, 2.45) is 37.8 Å². The van der Waals surface area contributed by atoms with Crippen LogP contribution in [0.25, 0.3) is 22.5 Å². The summed E-state index contributed by atoms with van der Waals surface area (Å²) in [5.41, 5.74) is 8.45. The number of carboxylic acids is 1. The molecule has 10 aromatic rings. The van der Waals surface area contributed by atoms with Crippen molar-refractivity contribution >= 4 is 117 Å². The van der Waals surface area contributed by atoms with Crippen LogP contribution in [-0.4, -0.2) is 232 Å². The van der Waals surface area contributed by atoms with E-state index in [4.69, 9.17) is 65.8 Å². The Kier molecular flexibility index (Phi) is 37.7. The fourth-order valence-electron chi connectivity index (χ4n) is 19.1. The number of aliphatic carboxylic acids is 1. The molecule has 5 aliphatic heterocycles. The molecule has 6 amide bonds. The van der Waals surface area contributed by atoms with E-state index in [-0.39, 0.29) is 94.5 Å². The van der Waals surface area contributed by atoms with E-state index in [0.29, 0.717) is 67.1 Å². The van der Waals surface area contributed by atoms with Crippen molar-refractivity contribution in [3.63, 3.8) is 0 Å². The van der Waals surface area contributed by atoms with Crippen LogP contribution in [0.15, 0.2) is 207 Å². The van der Waals surface area contributed by atoms with Gasteiger partial charge in [0.1, 0.15) is 46.9 Å². The van der Waals surface area contributed by atoms with Crippen LogP contribution < -0.4 is 9.47 Å². The normalized spacial score (nSPS) is 20.6. The van der Waals surface area contributed by atoms with Gasteiger partial charge in [-0.1, -0.05) is 143 Å². The molecule has 760 valence electrons. The molecule has 29 nitrogen and oxygen atoms in total. The zero-order valence-electron chi connectivity index (χ0n) is 83.3. The standard InChI is InChI=1S/C53H60Cl2N6O6.C52H58Cl2N6O7.C6H8O4/c1-35(62)25-41-28-48(63)36(2)61(32-40-15-20-44(55)30-49(40)67-46-21-16-39(17-22-46)47-31-56-50(59(47)5)34-60-23-9-10-24-60)51(64)29-42(26-37-11-7-6-8-12-37)52(65)57(3)33-45(58(4)53(41)66)27-38-13-18-43(54)19-14-38;1-34-46(61)26-40(28-50(63)64)52(66)57(3)43(25-36-12-17-41(53)18-13-36)32-56(2)51(65)39(24-35-10-6-5-7-11-35)27-49(62)60(34)31-38-14-19-42(54)29-47(38)67-44-20-15-37(16-21-44)45-30-55-48(58(45)4)33-59-22-8-9-23-59;1-6(2)9-4(7)3-5(8)10-6/h6-8,11-22,30-31,36,41-42,45H,9-10,23-29,32-34H2,1-5H3;5-7,10-21,29-30,34,39-40,43H,8-9,22-28,31-33H2,1-4H3,(H,63,64);3H2,1-2H3/t36-,41+,42+,45+;34-,39+,40-,43+;/m00./s1. The third kappa shape index (κ3) is 29.7. The number of aromatic nitrogens is 4. The minimum absolute atomic E-state index is 0.0678.